The van der Waals surface area contributed by atoms with E-state index in [-0.39, 0.29) is 43.4 Å². The molecule has 0 radical (unpaired) electrons. The van der Waals surface area contributed by atoms with Crippen molar-refractivity contribution in [2.75, 3.05) is 18.1 Å². The molecular weight excluding hydrogens is 378 g/mol. The molecule has 0 unspecified atom stereocenters. The van der Waals surface area contributed by atoms with Crippen molar-refractivity contribution >= 4 is 18.0 Å². The number of hydrogen-bond donors (Lipinski definition) is 0. The predicted molar refractivity (Wildman–Crippen MR) is 105 cm³/mol. The highest BCUT2D eigenvalue weighted by molar-refractivity contribution is 6.06. The summed E-state index contributed by atoms with van der Waals surface area (Å²) in [6, 6.07) is 1.43. The minimum Gasteiger partial charge on any atom is -0.465 e. The van der Waals surface area contributed by atoms with Gasteiger partial charge in [-0.25, -0.2) is 4.79 Å². The van der Waals surface area contributed by atoms with Crippen LogP contribution in [-0.2, 0) is 24.5 Å². The van der Waals surface area contributed by atoms with Gasteiger partial charge in [-0.2, -0.15) is 10.2 Å². The summed E-state index contributed by atoms with van der Waals surface area (Å²) in [7, 11) is 0. The van der Waals surface area contributed by atoms with E-state index in [1.807, 2.05) is 27.7 Å². The van der Waals surface area contributed by atoms with Gasteiger partial charge in [0.25, 0.3) is 0 Å². The van der Waals surface area contributed by atoms with Gasteiger partial charge in [-0.3, -0.25) is 9.59 Å². The van der Waals surface area contributed by atoms with E-state index >= 15 is 0 Å². The number of carbonyl (C=O) groups is 2. The number of nitrogens with zero attached hydrogens (tertiary/aromatic N) is 3. The molecule has 9 heteroatoms. The molecule has 0 aliphatic heterocycles. The van der Waals surface area contributed by atoms with Crippen LogP contribution in [0.2, 0.25) is 0 Å². The van der Waals surface area contributed by atoms with E-state index in [4.69, 9.17) is 13.9 Å². The quantitative estimate of drug-likeness (QED) is 0.448. The molecule has 0 saturated heterocycles. The number of anilines is 1. The first-order chi connectivity index (χ1) is 13.6. The Labute approximate surface area is 170 Å². The number of rotatable bonds is 9. The van der Waals surface area contributed by atoms with Crippen LogP contribution >= 0.6 is 0 Å². The Hall–Kier alpha value is -2.89. The fourth-order valence-corrected chi connectivity index (χ4v) is 3.20. The first-order valence-corrected chi connectivity index (χ1v) is 9.70. The number of ether oxygens (including phenoxy) is 2. The van der Waals surface area contributed by atoms with Gasteiger partial charge in [0.05, 0.1) is 18.9 Å². The van der Waals surface area contributed by atoms with Crippen LogP contribution < -0.4 is 10.5 Å². The summed E-state index contributed by atoms with van der Waals surface area (Å²) in [4.78, 5) is 44.5. The number of carbonyl (C=O) groups excluding carboxylic acids is 2. The second kappa shape index (κ2) is 10.0. The van der Waals surface area contributed by atoms with Crippen molar-refractivity contribution in [2.24, 2.45) is 0 Å². The Morgan fingerprint density at radius 3 is 1.93 bits per heavy atom. The highest BCUT2D eigenvalue weighted by atomic mass is 16.6. The average Bonchev–Trinajstić information content (AvgIpc) is 2.62. The first-order valence-electron chi connectivity index (χ1n) is 9.70. The summed E-state index contributed by atoms with van der Waals surface area (Å²) in [5, 5.41) is 9.56. The van der Waals surface area contributed by atoms with Crippen molar-refractivity contribution in [2.45, 2.75) is 72.4 Å². The molecule has 1 aromatic rings. The van der Waals surface area contributed by atoms with Gasteiger partial charge in [0.1, 0.15) is 6.07 Å². The monoisotopic (exact) mass is 407 g/mol. The van der Waals surface area contributed by atoms with Crippen molar-refractivity contribution in [3.8, 4) is 6.07 Å². The van der Waals surface area contributed by atoms with E-state index in [9.17, 15) is 19.6 Å². The maximum atomic E-state index is 12.9. The van der Waals surface area contributed by atoms with E-state index in [0.717, 1.165) is 0 Å². The molecule has 0 aliphatic rings. The lowest BCUT2D eigenvalue weighted by Gasteiger charge is -2.32. The van der Waals surface area contributed by atoms with Gasteiger partial charge in [0.2, 0.25) is 5.41 Å². The number of esters is 2. The van der Waals surface area contributed by atoms with Crippen LogP contribution in [0, 0.1) is 11.3 Å². The molecular formula is C20H29N3O6. The van der Waals surface area contributed by atoms with Crippen LogP contribution in [0.3, 0.4) is 0 Å². The number of nitriles is 1. The Morgan fingerprint density at radius 1 is 1.10 bits per heavy atom. The Kier molecular flexibility index (Phi) is 8.37. The van der Waals surface area contributed by atoms with Crippen molar-refractivity contribution in [3.63, 3.8) is 0 Å². The summed E-state index contributed by atoms with van der Waals surface area (Å²) in [6.45, 7) is 12.3. The predicted octanol–water partition coefficient (Wildman–Crippen LogP) is 2.30. The molecule has 1 aromatic heterocycles. The molecule has 0 N–H and O–H groups in total. The summed E-state index contributed by atoms with van der Waals surface area (Å²) in [5.41, 5.74) is -3.87. The van der Waals surface area contributed by atoms with Gasteiger partial charge < -0.3 is 18.8 Å². The van der Waals surface area contributed by atoms with Crippen LogP contribution in [-0.4, -0.2) is 42.2 Å². The van der Waals surface area contributed by atoms with Gasteiger partial charge >= 0.3 is 23.6 Å². The van der Waals surface area contributed by atoms with E-state index in [2.05, 4.69) is 4.98 Å². The molecule has 0 amide bonds. The van der Waals surface area contributed by atoms with Gasteiger partial charge in [-0.1, -0.05) is 6.92 Å². The molecule has 1 rings (SSSR count). The van der Waals surface area contributed by atoms with Crippen molar-refractivity contribution < 1.29 is 23.5 Å². The van der Waals surface area contributed by atoms with Crippen LogP contribution in [0.1, 0.15) is 66.1 Å². The van der Waals surface area contributed by atoms with Crippen molar-refractivity contribution in [3.05, 3.63) is 21.7 Å². The molecule has 0 aromatic carbocycles. The van der Waals surface area contributed by atoms with E-state index in [1.165, 1.54) is 0 Å². The topological polar surface area (TPSA) is 123 Å². The summed E-state index contributed by atoms with van der Waals surface area (Å²) in [6.07, 6.45) is -0.113. The van der Waals surface area contributed by atoms with Gasteiger partial charge in [-0.15, -0.1) is 0 Å². The fraction of sp³-hybridized carbons (Fsp3) is 0.650. The average molecular weight is 407 g/mol. The maximum Gasteiger partial charge on any atom is 0.358 e. The molecule has 0 aliphatic carbocycles. The number of hydrogen-bond acceptors (Lipinski definition) is 9. The molecule has 0 atom stereocenters. The lowest BCUT2D eigenvalue weighted by molar-refractivity contribution is -0.165. The zero-order valence-corrected chi connectivity index (χ0v) is 18.1. The Balaban J connectivity index is 3.97. The molecule has 1 heterocycles. The molecule has 0 saturated carbocycles. The fourth-order valence-electron chi connectivity index (χ4n) is 3.20. The lowest BCUT2D eigenvalue weighted by atomic mass is 9.79. The maximum absolute atomic E-state index is 12.9. The highest BCUT2D eigenvalue weighted by Gasteiger charge is 2.53. The SMILES string of the molecule is CCOC(=O)C(CC)(C(=O)OCC)c1nc(N(C(C)C)C(C)C)oc(=O)c1C#N. The zero-order chi connectivity index (χ0) is 22.4. The summed E-state index contributed by atoms with van der Waals surface area (Å²) < 4.78 is 15.5. The van der Waals surface area contributed by atoms with Crippen molar-refractivity contribution in [1.29, 1.82) is 5.26 Å². The first kappa shape index (κ1) is 24.1. The van der Waals surface area contributed by atoms with E-state index < -0.39 is 28.5 Å². The van der Waals surface area contributed by atoms with E-state index in [0.29, 0.717) is 0 Å². The zero-order valence-electron chi connectivity index (χ0n) is 18.1. The highest BCUT2D eigenvalue weighted by Crippen LogP contribution is 2.33. The van der Waals surface area contributed by atoms with Gasteiger partial charge in [-0.05, 0) is 48.0 Å². The minimum absolute atomic E-state index is 0.000284. The van der Waals surface area contributed by atoms with Crippen LogP contribution in [0.25, 0.3) is 0 Å². The summed E-state index contributed by atoms with van der Waals surface area (Å²) >= 11 is 0. The molecule has 0 fully saturated rings. The lowest BCUT2D eigenvalue weighted by Crippen LogP contribution is -2.48. The number of aromatic nitrogens is 1. The molecule has 0 bridgehead atoms. The molecule has 9 nitrogen and oxygen atoms in total. The third-order valence-electron chi connectivity index (χ3n) is 4.46. The van der Waals surface area contributed by atoms with Crippen molar-refractivity contribution in [1.82, 2.24) is 4.98 Å². The van der Waals surface area contributed by atoms with Gasteiger partial charge in [0.15, 0.2) is 5.56 Å². The minimum atomic E-state index is -2.05. The third kappa shape index (κ3) is 4.58. The Morgan fingerprint density at radius 2 is 1.59 bits per heavy atom. The summed E-state index contributed by atoms with van der Waals surface area (Å²) in [5.74, 6) is -1.86. The van der Waals surface area contributed by atoms with Gasteiger partial charge in [0, 0.05) is 12.1 Å². The largest absolute Gasteiger partial charge is 0.465 e. The molecule has 160 valence electrons. The molecule has 0 spiro atoms. The van der Waals surface area contributed by atoms with Crippen LogP contribution in [0.4, 0.5) is 6.01 Å². The van der Waals surface area contributed by atoms with Crippen LogP contribution in [0.5, 0.6) is 0 Å². The molecule has 29 heavy (non-hydrogen) atoms. The second-order valence-corrected chi connectivity index (χ2v) is 6.91. The Bertz CT molecular complexity index is 812. The van der Waals surface area contributed by atoms with Crippen LogP contribution in [0.15, 0.2) is 9.21 Å². The standard InChI is InChI=1S/C20H29N3O6/c1-8-20(17(25)27-9-2,18(26)28-10-3)15-14(11-21)16(24)29-19(22-15)23(12(4)5)13(6)7/h12-13H,8-10H2,1-7H3. The second-order valence-electron chi connectivity index (χ2n) is 6.91. The smallest absolute Gasteiger partial charge is 0.358 e. The normalized spacial score (nSPS) is 11.3. The van der Waals surface area contributed by atoms with E-state index in [1.54, 1.807) is 31.7 Å². The third-order valence-corrected chi connectivity index (χ3v) is 4.46.